The van der Waals surface area contributed by atoms with Crippen molar-refractivity contribution in [1.29, 1.82) is 0 Å². The number of hydrogen-bond acceptors (Lipinski definition) is 2. The van der Waals surface area contributed by atoms with Crippen molar-refractivity contribution in [2.24, 2.45) is 5.92 Å². The number of halogens is 1. The molecule has 98 valence electrons. The maximum Gasteiger partial charge on any atom is 0.123 e. The van der Waals surface area contributed by atoms with Crippen LogP contribution in [-0.4, -0.2) is 20.8 Å². The van der Waals surface area contributed by atoms with Gasteiger partial charge in [0, 0.05) is 11.5 Å². The second-order valence-corrected chi connectivity index (χ2v) is 5.52. The van der Waals surface area contributed by atoms with Gasteiger partial charge in [0.2, 0.25) is 0 Å². The van der Waals surface area contributed by atoms with Gasteiger partial charge in [-0.3, -0.25) is 0 Å². The smallest absolute Gasteiger partial charge is 0.123 e. The predicted octanol–water partition coefficient (Wildman–Crippen LogP) is 2.75. The molecule has 1 N–H and O–H groups in total. The molecule has 2 aromatic rings. The van der Waals surface area contributed by atoms with Crippen LogP contribution in [0.15, 0.2) is 30.7 Å². The van der Waals surface area contributed by atoms with Gasteiger partial charge in [-0.25, -0.2) is 9.37 Å². The highest BCUT2D eigenvalue weighted by Crippen LogP contribution is 2.47. The third-order valence-electron chi connectivity index (χ3n) is 4.51. The average molecular weight is 258 g/mol. The largest absolute Gasteiger partial charge is 0.393 e. The summed E-state index contributed by atoms with van der Waals surface area (Å²) in [6.07, 6.45) is 6.24. The predicted molar refractivity (Wildman–Crippen MR) is 69.1 cm³/mol. The lowest BCUT2D eigenvalue weighted by molar-refractivity contribution is 0.112. The molecule has 2 heterocycles. The first-order chi connectivity index (χ1) is 9.25. The second-order valence-electron chi connectivity index (χ2n) is 5.52. The van der Waals surface area contributed by atoms with Gasteiger partial charge in [0.15, 0.2) is 0 Å². The van der Waals surface area contributed by atoms with E-state index in [1.165, 1.54) is 6.07 Å². The fourth-order valence-corrected chi connectivity index (χ4v) is 3.67. The topological polar surface area (TPSA) is 38.1 Å². The Morgan fingerprint density at radius 3 is 3.00 bits per heavy atom. The average Bonchev–Trinajstić information content (AvgIpc) is 3.05. The van der Waals surface area contributed by atoms with E-state index in [0.29, 0.717) is 0 Å². The van der Waals surface area contributed by atoms with Crippen LogP contribution in [0.2, 0.25) is 0 Å². The summed E-state index contributed by atoms with van der Waals surface area (Å²) in [6, 6.07) is 5.04. The Morgan fingerprint density at radius 2 is 2.21 bits per heavy atom. The molecule has 1 aromatic heterocycles. The van der Waals surface area contributed by atoms with Crippen molar-refractivity contribution in [3.63, 3.8) is 0 Å². The van der Waals surface area contributed by atoms with Gasteiger partial charge in [-0.15, -0.1) is 0 Å². The summed E-state index contributed by atoms with van der Waals surface area (Å²) < 4.78 is 15.6. The van der Waals surface area contributed by atoms with E-state index in [1.54, 1.807) is 18.6 Å². The number of hydrogen-bond donors (Lipinski definition) is 1. The number of aromatic nitrogens is 2. The van der Waals surface area contributed by atoms with Crippen LogP contribution in [-0.2, 0) is 0 Å². The van der Waals surface area contributed by atoms with Gasteiger partial charge in [0.25, 0.3) is 0 Å². The summed E-state index contributed by atoms with van der Waals surface area (Å²) in [5.41, 5.74) is 2.99. The number of imidazole rings is 1. The monoisotopic (exact) mass is 258 g/mol. The fourth-order valence-electron chi connectivity index (χ4n) is 3.67. The first-order valence-electron chi connectivity index (χ1n) is 6.75. The van der Waals surface area contributed by atoms with Crippen molar-refractivity contribution >= 4 is 0 Å². The van der Waals surface area contributed by atoms with Gasteiger partial charge >= 0.3 is 0 Å². The van der Waals surface area contributed by atoms with Gasteiger partial charge in [-0.05, 0) is 30.5 Å². The highest BCUT2D eigenvalue weighted by Gasteiger charge is 2.39. The molecule has 19 heavy (non-hydrogen) atoms. The van der Waals surface area contributed by atoms with E-state index >= 15 is 0 Å². The number of aliphatic hydroxyl groups excluding tert-OH is 1. The number of fused-ring (bicyclic) bond motifs is 3. The Morgan fingerprint density at radius 1 is 1.32 bits per heavy atom. The number of benzene rings is 1. The molecule has 0 radical (unpaired) electrons. The molecule has 1 aromatic carbocycles. The maximum absolute atomic E-state index is 13.5. The highest BCUT2D eigenvalue weighted by atomic mass is 19.1. The molecule has 1 fully saturated rings. The van der Waals surface area contributed by atoms with E-state index in [2.05, 4.69) is 9.55 Å². The third kappa shape index (κ3) is 1.49. The molecule has 2 aliphatic rings. The zero-order chi connectivity index (χ0) is 13.0. The van der Waals surface area contributed by atoms with Crippen molar-refractivity contribution < 1.29 is 9.50 Å². The molecule has 3 atom stereocenters. The zero-order valence-electron chi connectivity index (χ0n) is 10.5. The molecule has 4 rings (SSSR count). The Kier molecular flexibility index (Phi) is 2.30. The minimum atomic E-state index is -0.267. The molecule has 3 nitrogen and oxygen atoms in total. The van der Waals surface area contributed by atoms with Gasteiger partial charge < -0.3 is 9.67 Å². The molecule has 1 aliphatic carbocycles. The molecule has 1 aliphatic heterocycles. The molecule has 0 unspecified atom stereocenters. The Hall–Kier alpha value is -1.68. The van der Waals surface area contributed by atoms with E-state index < -0.39 is 0 Å². The minimum Gasteiger partial charge on any atom is -0.393 e. The molecule has 0 spiro atoms. The lowest BCUT2D eigenvalue weighted by atomic mass is 9.90. The van der Waals surface area contributed by atoms with E-state index in [-0.39, 0.29) is 23.9 Å². The molecule has 0 saturated heterocycles. The Balaban J connectivity index is 1.89. The lowest BCUT2D eigenvalue weighted by Crippen LogP contribution is -2.24. The number of rotatable bonds is 1. The molecule has 0 bridgehead atoms. The summed E-state index contributed by atoms with van der Waals surface area (Å²) in [4.78, 5) is 4.18. The third-order valence-corrected chi connectivity index (χ3v) is 4.51. The van der Waals surface area contributed by atoms with Gasteiger partial charge in [-0.1, -0.05) is 12.5 Å². The molecule has 4 heteroatoms. The van der Waals surface area contributed by atoms with Crippen LogP contribution in [0.3, 0.4) is 0 Å². The summed E-state index contributed by atoms with van der Waals surface area (Å²) in [7, 11) is 0. The van der Waals surface area contributed by atoms with Crippen molar-refractivity contribution in [1.82, 2.24) is 9.55 Å². The standard InChI is InChI=1S/C15H15FN2O/c16-9-4-5-10-12(6-9)13-7-17-8-18(13)15(10)11-2-1-3-14(11)19/h4-8,11,14-15,19H,1-3H2/t11-,14-,15-/m1/s1. The van der Waals surface area contributed by atoms with Crippen molar-refractivity contribution in [2.75, 3.05) is 0 Å². The van der Waals surface area contributed by atoms with E-state index in [0.717, 1.165) is 36.1 Å². The van der Waals surface area contributed by atoms with Gasteiger partial charge in [0.1, 0.15) is 5.82 Å². The molecular weight excluding hydrogens is 243 g/mol. The molecular formula is C15H15FN2O. The Bertz CT molecular complexity index is 637. The quantitative estimate of drug-likeness (QED) is 0.854. The van der Waals surface area contributed by atoms with Gasteiger partial charge in [-0.2, -0.15) is 0 Å². The normalized spacial score (nSPS) is 28.4. The van der Waals surface area contributed by atoms with Crippen molar-refractivity contribution in [3.8, 4) is 11.3 Å². The highest BCUT2D eigenvalue weighted by molar-refractivity contribution is 5.69. The summed E-state index contributed by atoms with van der Waals surface area (Å²) in [5, 5.41) is 10.2. The first kappa shape index (κ1) is 11.2. The lowest BCUT2D eigenvalue weighted by Gasteiger charge is -2.24. The number of nitrogens with zero attached hydrogens (tertiary/aromatic N) is 2. The van der Waals surface area contributed by atoms with Crippen LogP contribution in [0.25, 0.3) is 11.3 Å². The van der Waals surface area contributed by atoms with Gasteiger partial charge in [0.05, 0.1) is 30.4 Å². The van der Waals surface area contributed by atoms with Crippen LogP contribution < -0.4 is 0 Å². The number of aliphatic hydroxyl groups is 1. The first-order valence-corrected chi connectivity index (χ1v) is 6.75. The fraction of sp³-hybridized carbons (Fsp3) is 0.400. The van der Waals surface area contributed by atoms with Crippen molar-refractivity contribution in [3.05, 3.63) is 42.1 Å². The van der Waals surface area contributed by atoms with Crippen molar-refractivity contribution in [2.45, 2.75) is 31.4 Å². The SMILES string of the molecule is O[C@@H]1CCC[C@H]1[C@H]1c2ccc(F)cc2-c2cncn21. The van der Waals surface area contributed by atoms with Crippen LogP contribution in [0.4, 0.5) is 4.39 Å². The van der Waals surface area contributed by atoms with E-state index in [1.807, 2.05) is 6.07 Å². The van der Waals surface area contributed by atoms with Crippen LogP contribution >= 0.6 is 0 Å². The molecule has 0 amide bonds. The summed E-state index contributed by atoms with van der Waals surface area (Å²) in [6.45, 7) is 0. The summed E-state index contributed by atoms with van der Waals surface area (Å²) >= 11 is 0. The molecule has 1 saturated carbocycles. The van der Waals surface area contributed by atoms with Crippen LogP contribution in [0.5, 0.6) is 0 Å². The maximum atomic E-state index is 13.5. The summed E-state index contributed by atoms with van der Waals surface area (Å²) in [5.74, 6) is -0.0150. The van der Waals surface area contributed by atoms with E-state index in [4.69, 9.17) is 0 Å². The van der Waals surface area contributed by atoms with E-state index in [9.17, 15) is 9.50 Å². The Labute approximate surface area is 110 Å². The minimum absolute atomic E-state index is 0.102. The zero-order valence-corrected chi connectivity index (χ0v) is 10.5. The van der Waals surface area contributed by atoms with Crippen LogP contribution in [0.1, 0.15) is 30.9 Å². The second kappa shape index (κ2) is 3.90. The van der Waals surface area contributed by atoms with Crippen LogP contribution in [0, 0.1) is 11.7 Å².